The SMILES string of the molecule is CC1(C)COCC1n1c(Cc2cc(F)c(Br)cc2F)nc2ccccc21. The van der Waals surface area contributed by atoms with Gasteiger partial charge in [-0.1, -0.05) is 26.0 Å². The van der Waals surface area contributed by atoms with E-state index in [0.717, 1.165) is 16.9 Å². The molecule has 0 bridgehead atoms. The number of aromatic nitrogens is 2. The van der Waals surface area contributed by atoms with E-state index in [9.17, 15) is 8.78 Å². The lowest BCUT2D eigenvalue weighted by molar-refractivity contribution is 0.166. The molecule has 0 aliphatic carbocycles. The number of halogens is 3. The van der Waals surface area contributed by atoms with Gasteiger partial charge in [0.2, 0.25) is 0 Å². The van der Waals surface area contributed by atoms with Gasteiger partial charge in [0.25, 0.3) is 0 Å². The molecule has 26 heavy (non-hydrogen) atoms. The molecule has 0 spiro atoms. The average molecular weight is 421 g/mol. The van der Waals surface area contributed by atoms with Gasteiger partial charge in [-0.05, 0) is 45.8 Å². The highest BCUT2D eigenvalue weighted by molar-refractivity contribution is 9.10. The van der Waals surface area contributed by atoms with Crippen molar-refractivity contribution in [3.63, 3.8) is 0 Å². The molecule has 0 N–H and O–H groups in total. The maximum absolute atomic E-state index is 14.4. The number of fused-ring (bicyclic) bond motifs is 1. The second-order valence-corrected chi connectivity index (χ2v) is 8.30. The molecule has 1 aromatic heterocycles. The minimum atomic E-state index is -0.478. The summed E-state index contributed by atoms with van der Waals surface area (Å²) in [5, 5.41) is 0. The summed E-state index contributed by atoms with van der Waals surface area (Å²) in [6.45, 7) is 5.55. The van der Waals surface area contributed by atoms with E-state index in [-0.39, 0.29) is 22.4 Å². The zero-order chi connectivity index (χ0) is 18.5. The van der Waals surface area contributed by atoms with Gasteiger partial charge in [0, 0.05) is 11.8 Å². The quantitative estimate of drug-likeness (QED) is 0.539. The Labute approximate surface area is 159 Å². The number of benzene rings is 2. The van der Waals surface area contributed by atoms with E-state index < -0.39 is 11.6 Å². The van der Waals surface area contributed by atoms with E-state index in [1.165, 1.54) is 12.1 Å². The fraction of sp³-hybridized carbons (Fsp3) is 0.350. The molecule has 3 aromatic rings. The molecule has 1 fully saturated rings. The zero-order valence-electron chi connectivity index (χ0n) is 14.6. The molecule has 2 heterocycles. The highest BCUT2D eigenvalue weighted by Crippen LogP contribution is 2.40. The lowest BCUT2D eigenvalue weighted by atomic mass is 9.87. The highest BCUT2D eigenvalue weighted by Gasteiger charge is 2.39. The third-order valence-corrected chi connectivity index (χ3v) is 5.68. The summed E-state index contributed by atoms with van der Waals surface area (Å²) in [6, 6.07) is 10.3. The summed E-state index contributed by atoms with van der Waals surface area (Å²) in [4.78, 5) is 4.72. The summed E-state index contributed by atoms with van der Waals surface area (Å²) in [5.74, 6) is -0.206. The summed E-state index contributed by atoms with van der Waals surface area (Å²) in [5.41, 5.74) is 2.06. The lowest BCUT2D eigenvalue weighted by Crippen LogP contribution is -2.27. The van der Waals surface area contributed by atoms with Crippen LogP contribution in [0.1, 0.15) is 31.3 Å². The lowest BCUT2D eigenvalue weighted by Gasteiger charge is -2.28. The number of imidazole rings is 1. The monoisotopic (exact) mass is 420 g/mol. The number of rotatable bonds is 3. The Morgan fingerprint density at radius 1 is 1.23 bits per heavy atom. The Kier molecular flexibility index (Phi) is 4.35. The van der Waals surface area contributed by atoms with Gasteiger partial charge in [-0.2, -0.15) is 0 Å². The van der Waals surface area contributed by atoms with Gasteiger partial charge < -0.3 is 9.30 Å². The molecule has 136 valence electrons. The first-order chi connectivity index (χ1) is 12.4. The largest absolute Gasteiger partial charge is 0.379 e. The number of para-hydroxylation sites is 2. The van der Waals surface area contributed by atoms with Crippen LogP contribution in [0.25, 0.3) is 11.0 Å². The maximum atomic E-state index is 14.4. The van der Waals surface area contributed by atoms with Crippen LogP contribution in [0.5, 0.6) is 0 Å². The molecule has 6 heteroatoms. The van der Waals surface area contributed by atoms with Crippen LogP contribution in [-0.4, -0.2) is 22.8 Å². The van der Waals surface area contributed by atoms with Crippen LogP contribution in [-0.2, 0) is 11.2 Å². The van der Waals surface area contributed by atoms with Crippen LogP contribution in [0.15, 0.2) is 40.9 Å². The molecule has 1 atom stereocenters. The van der Waals surface area contributed by atoms with Crippen LogP contribution in [0.4, 0.5) is 8.78 Å². The van der Waals surface area contributed by atoms with Gasteiger partial charge in [-0.25, -0.2) is 13.8 Å². The van der Waals surface area contributed by atoms with E-state index >= 15 is 0 Å². The van der Waals surface area contributed by atoms with Crippen LogP contribution in [0.3, 0.4) is 0 Å². The Balaban J connectivity index is 1.85. The minimum Gasteiger partial charge on any atom is -0.379 e. The van der Waals surface area contributed by atoms with Crippen molar-refractivity contribution in [1.29, 1.82) is 0 Å². The Morgan fingerprint density at radius 2 is 2.00 bits per heavy atom. The van der Waals surface area contributed by atoms with Crippen molar-refractivity contribution in [3.8, 4) is 0 Å². The molecule has 2 aromatic carbocycles. The van der Waals surface area contributed by atoms with E-state index in [1.807, 2.05) is 24.3 Å². The topological polar surface area (TPSA) is 27.1 Å². The fourth-order valence-electron chi connectivity index (χ4n) is 3.62. The molecular formula is C20H19BrF2N2O. The van der Waals surface area contributed by atoms with Gasteiger partial charge in [-0.3, -0.25) is 0 Å². The van der Waals surface area contributed by atoms with Crippen molar-refractivity contribution in [2.45, 2.75) is 26.3 Å². The third kappa shape index (κ3) is 2.95. The van der Waals surface area contributed by atoms with Gasteiger partial charge in [0.1, 0.15) is 17.5 Å². The minimum absolute atomic E-state index is 0.0677. The molecule has 0 amide bonds. The summed E-state index contributed by atoms with van der Waals surface area (Å²) in [7, 11) is 0. The average Bonchev–Trinajstić information content (AvgIpc) is 3.11. The second kappa shape index (κ2) is 6.43. The fourth-order valence-corrected chi connectivity index (χ4v) is 3.93. The van der Waals surface area contributed by atoms with Gasteiger partial charge >= 0.3 is 0 Å². The first kappa shape index (κ1) is 17.6. The summed E-state index contributed by atoms with van der Waals surface area (Å²) in [6.07, 6.45) is 0.220. The maximum Gasteiger partial charge on any atom is 0.137 e. The third-order valence-electron chi connectivity index (χ3n) is 5.07. The van der Waals surface area contributed by atoms with Crippen LogP contribution in [0.2, 0.25) is 0 Å². The highest BCUT2D eigenvalue weighted by atomic mass is 79.9. The molecule has 1 saturated heterocycles. The van der Waals surface area contributed by atoms with Crippen molar-refractivity contribution in [2.24, 2.45) is 5.41 Å². The summed E-state index contributed by atoms with van der Waals surface area (Å²) >= 11 is 3.02. The molecule has 4 rings (SSSR count). The Hall–Kier alpha value is -1.79. The van der Waals surface area contributed by atoms with Crippen LogP contribution < -0.4 is 0 Å². The molecule has 1 unspecified atom stereocenters. The van der Waals surface area contributed by atoms with E-state index in [1.54, 1.807) is 0 Å². The van der Waals surface area contributed by atoms with E-state index in [4.69, 9.17) is 9.72 Å². The first-order valence-corrected chi connectivity index (χ1v) is 9.33. The van der Waals surface area contributed by atoms with Crippen molar-refractivity contribution in [2.75, 3.05) is 13.2 Å². The van der Waals surface area contributed by atoms with Crippen molar-refractivity contribution >= 4 is 27.0 Å². The van der Waals surface area contributed by atoms with Crippen molar-refractivity contribution in [1.82, 2.24) is 9.55 Å². The standard InChI is InChI=1S/C20H19BrF2N2O/c1-20(2)11-26-10-18(20)25-17-6-4-3-5-16(17)24-19(25)8-12-7-15(23)13(21)9-14(12)22/h3-7,9,18H,8,10-11H2,1-2H3. The number of nitrogens with zero attached hydrogens (tertiary/aromatic N) is 2. The van der Waals surface area contributed by atoms with Gasteiger partial charge in [-0.15, -0.1) is 0 Å². The normalized spacial score (nSPS) is 19.3. The van der Waals surface area contributed by atoms with E-state index in [2.05, 4.69) is 34.3 Å². The molecule has 1 aliphatic rings. The van der Waals surface area contributed by atoms with Crippen molar-refractivity contribution in [3.05, 3.63) is 63.9 Å². The summed E-state index contributed by atoms with van der Waals surface area (Å²) < 4.78 is 36.3. The number of hydrogen-bond donors (Lipinski definition) is 0. The van der Waals surface area contributed by atoms with Gasteiger partial charge in [0.15, 0.2) is 0 Å². The smallest absolute Gasteiger partial charge is 0.137 e. The Bertz CT molecular complexity index is 983. The molecule has 3 nitrogen and oxygen atoms in total. The van der Waals surface area contributed by atoms with E-state index in [0.29, 0.717) is 18.8 Å². The molecule has 1 aliphatic heterocycles. The first-order valence-electron chi connectivity index (χ1n) is 8.54. The Morgan fingerprint density at radius 3 is 2.73 bits per heavy atom. The van der Waals surface area contributed by atoms with Crippen LogP contribution >= 0.6 is 15.9 Å². The molecule has 0 radical (unpaired) electrons. The zero-order valence-corrected chi connectivity index (χ0v) is 16.2. The number of hydrogen-bond acceptors (Lipinski definition) is 2. The van der Waals surface area contributed by atoms with Crippen molar-refractivity contribution < 1.29 is 13.5 Å². The second-order valence-electron chi connectivity index (χ2n) is 7.44. The van der Waals surface area contributed by atoms with Gasteiger partial charge in [0.05, 0.1) is 34.8 Å². The number of ether oxygens (including phenoxy) is 1. The molecule has 0 saturated carbocycles. The molecular weight excluding hydrogens is 402 g/mol. The van der Waals surface area contributed by atoms with Crippen LogP contribution in [0, 0.1) is 17.0 Å². The predicted molar refractivity (Wildman–Crippen MR) is 100 cm³/mol. The predicted octanol–water partition coefficient (Wildman–Crippen LogP) is 5.27.